The number of hydrogen-bond donors (Lipinski definition) is 1. The van der Waals surface area contributed by atoms with Crippen molar-refractivity contribution >= 4 is 0 Å². The summed E-state index contributed by atoms with van der Waals surface area (Å²) in [5.74, 6) is 0.697. The lowest BCUT2D eigenvalue weighted by Gasteiger charge is -2.22. The standard InChI is InChI=1S/C11H21FN4/c1-3-5-11(12,8-13)7-10-14-9-15-16(10)6-4-2/h9H,3-8,13H2,1-2H3. The molecule has 1 aromatic rings. The molecule has 0 aliphatic rings. The van der Waals surface area contributed by atoms with Crippen LogP contribution in [0.5, 0.6) is 0 Å². The molecular formula is C11H21FN4. The minimum atomic E-state index is -1.34. The van der Waals surface area contributed by atoms with Gasteiger partial charge in [0, 0.05) is 19.5 Å². The minimum Gasteiger partial charge on any atom is -0.328 e. The second kappa shape index (κ2) is 5.94. The van der Waals surface area contributed by atoms with Crippen LogP contribution in [-0.2, 0) is 13.0 Å². The molecule has 1 heterocycles. The van der Waals surface area contributed by atoms with E-state index in [1.807, 2.05) is 6.92 Å². The van der Waals surface area contributed by atoms with Gasteiger partial charge in [0.2, 0.25) is 0 Å². The van der Waals surface area contributed by atoms with Crippen molar-refractivity contribution in [3.8, 4) is 0 Å². The fourth-order valence-corrected chi connectivity index (χ4v) is 1.82. The van der Waals surface area contributed by atoms with Crippen LogP contribution in [0.25, 0.3) is 0 Å². The molecule has 0 amide bonds. The molecule has 0 saturated carbocycles. The second-order valence-corrected chi connectivity index (χ2v) is 4.18. The number of rotatable bonds is 7. The number of halogens is 1. The van der Waals surface area contributed by atoms with E-state index in [1.165, 1.54) is 6.33 Å². The third-order valence-corrected chi connectivity index (χ3v) is 2.67. The molecular weight excluding hydrogens is 207 g/mol. The number of aromatic nitrogens is 3. The SMILES string of the molecule is CCCn1ncnc1CC(F)(CN)CCC. The first-order valence-corrected chi connectivity index (χ1v) is 5.91. The van der Waals surface area contributed by atoms with Crippen molar-refractivity contribution in [2.75, 3.05) is 6.54 Å². The van der Waals surface area contributed by atoms with E-state index in [9.17, 15) is 4.39 Å². The molecule has 0 aliphatic heterocycles. The highest BCUT2D eigenvalue weighted by molar-refractivity contribution is 4.95. The van der Waals surface area contributed by atoms with Crippen molar-refractivity contribution in [3.05, 3.63) is 12.2 Å². The van der Waals surface area contributed by atoms with Gasteiger partial charge >= 0.3 is 0 Å². The first-order valence-electron chi connectivity index (χ1n) is 5.91. The quantitative estimate of drug-likeness (QED) is 0.772. The Hall–Kier alpha value is -0.970. The zero-order chi connectivity index (χ0) is 12.0. The van der Waals surface area contributed by atoms with Crippen molar-refractivity contribution < 1.29 is 4.39 Å². The average Bonchev–Trinajstić information content (AvgIpc) is 2.67. The Bertz CT molecular complexity index is 313. The summed E-state index contributed by atoms with van der Waals surface area (Å²) in [4.78, 5) is 4.11. The van der Waals surface area contributed by atoms with Crippen molar-refractivity contribution in [2.45, 2.75) is 51.7 Å². The van der Waals surface area contributed by atoms with Crippen LogP contribution in [0.15, 0.2) is 6.33 Å². The molecule has 16 heavy (non-hydrogen) atoms. The molecule has 0 saturated heterocycles. The van der Waals surface area contributed by atoms with E-state index in [0.29, 0.717) is 12.2 Å². The maximum Gasteiger partial charge on any atom is 0.138 e. The van der Waals surface area contributed by atoms with E-state index < -0.39 is 5.67 Å². The molecule has 4 nitrogen and oxygen atoms in total. The van der Waals surface area contributed by atoms with Crippen LogP contribution >= 0.6 is 0 Å². The third-order valence-electron chi connectivity index (χ3n) is 2.67. The molecule has 0 spiro atoms. The number of aryl methyl sites for hydroxylation is 1. The van der Waals surface area contributed by atoms with Crippen LogP contribution in [0.2, 0.25) is 0 Å². The van der Waals surface area contributed by atoms with Crippen LogP contribution in [0.1, 0.15) is 38.9 Å². The molecule has 0 aromatic carbocycles. The summed E-state index contributed by atoms with van der Waals surface area (Å²) >= 11 is 0. The van der Waals surface area contributed by atoms with Gasteiger partial charge in [0.15, 0.2) is 0 Å². The molecule has 1 rings (SSSR count). The first kappa shape index (κ1) is 13.1. The summed E-state index contributed by atoms with van der Waals surface area (Å²) < 4.78 is 16.1. The zero-order valence-electron chi connectivity index (χ0n) is 10.1. The van der Waals surface area contributed by atoms with Gasteiger partial charge in [-0.25, -0.2) is 14.1 Å². The van der Waals surface area contributed by atoms with Gasteiger partial charge in [-0.2, -0.15) is 5.10 Å². The second-order valence-electron chi connectivity index (χ2n) is 4.18. The van der Waals surface area contributed by atoms with E-state index in [-0.39, 0.29) is 13.0 Å². The van der Waals surface area contributed by atoms with Gasteiger partial charge in [-0.1, -0.05) is 20.3 Å². The Morgan fingerprint density at radius 2 is 2.19 bits per heavy atom. The largest absolute Gasteiger partial charge is 0.328 e. The molecule has 0 aliphatic carbocycles. The first-order chi connectivity index (χ1) is 7.65. The van der Waals surface area contributed by atoms with Gasteiger partial charge in [-0.3, -0.25) is 0 Å². The fraction of sp³-hybridized carbons (Fsp3) is 0.818. The van der Waals surface area contributed by atoms with Crippen LogP contribution in [0.3, 0.4) is 0 Å². The summed E-state index contributed by atoms with van der Waals surface area (Å²) in [5.41, 5.74) is 4.16. The number of alkyl halides is 1. The molecule has 92 valence electrons. The van der Waals surface area contributed by atoms with Gasteiger partial charge in [-0.15, -0.1) is 0 Å². The van der Waals surface area contributed by atoms with Gasteiger partial charge in [-0.05, 0) is 12.8 Å². The van der Waals surface area contributed by atoms with E-state index in [0.717, 1.165) is 19.4 Å². The molecule has 5 heteroatoms. The van der Waals surface area contributed by atoms with Gasteiger partial charge < -0.3 is 5.73 Å². The lowest BCUT2D eigenvalue weighted by Crippen LogP contribution is -2.36. The summed E-state index contributed by atoms with van der Waals surface area (Å²) in [7, 11) is 0. The summed E-state index contributed by atoms with van der Waals surface area (Å²) in [6, 6.07) is 0. The minimum absolute atomic E-state index is 0.0415. The molecule has 1 atom stereocenters. The lowest BCUT2D eigenvalue weighted by molar-refractivity contribution is 0.153. The lowest BCUT2D eigenvalue weighted by atomic mass is 9.96. The monoisotopic (exact) mass is 228 g/mol. The maximum absolute atomic E-state index is 14.3. The van der Waals surface area contributed by atoms with Crippen molar-refractivity contribution in [1.29, 1.82) is 0 Å². The maximum atomic E-state index is 14.3. The van der Waals surface area contributed by atoms with Gasteiger partial charge in [0.05, 0.1) is 0 Å². The number of nitrogens with zero attached hydrogens (tertiary/aromatic N) is 3. The van der Waals surface area contributed by atoms with E-state index in [4.69, 9.17) is 5.73 Å². The van der Waals surface area contributed by atoms with Crippen LogP contribution < -0.4 is 5.73 Å². The smallest absolute Gasteiger partial charge is 0.138 e. The van der Waals surface area contributed by atoms with Crippen molar-refractivity contribution in [3.63, 3.8) is 0 Å². The highest BCUT2D eigenvalue weighted by Gasteiger charge is 2.29. The Balaban J connectivity index is 2.73. The Morgan fingerprint density at radius 3 is 2.75 bits per heavy atom. The third kappa shape index (κ3) is 3.27. The van der Waals surface area contributed by atoms with Gasteiger partial charge in [0.25, 0.3) is 0 Å². The predicted octanol–water partition coefficient (Wildman–Crippen LogP) is 1.70. The van der Waals surface area contributed by atoms with E-state index >= 15 is 0 Å². The van der Waals surface area contributed by atoms with E-state index in [1.54, 1.807) is 4.68 Å². The highest BCUT2D eigenvalue weighted by atomic mass is 19.1. The summed E-state index contributed by atoms with van der Waals surface area (Å²) in [6.07, 6.45) is 3.97. The molecule has 0 fully saturated rings. The predicted molar refractivity (Wildman–Crippen MR) is 61.8 cm³/mol. The van der Waals surface area contributed by atoms with E-state index in [2.05, 4.69) is 17.0 Å². The van der Waals surface area contributed by atoms with Crippen molar-refractivity contribution in [2.24, 2.45) is 5.73 Å². The molecule has 1 unspecified atom stereocenters. The Morgan fingerprint density at radius 1 is 1.44 bits per heavy atom. The molecule has 1 aromatic heterocycles. The zero-order valence-corrected chi connectivity index (χ0v) is 10.1. The van der Waals surface area contributed by atoms with Crippen molar-refractivity contribution in [1.82, 2.24) is 14.8 Å². The Labute approximate surface area is 96.0 Å². The van der Waals surface area contributed by atoms with Crippen LogP contribution in [-0.4, -0.2) is 27.0 Å². The molecule has 0 radical (unpaired) electrons. The Kier molecular flexibility index (Phi) is 4.86. The highest BCUT2D eigenvalue weighted by Crippen LogP contribution is 2.21. The molecule has 0 bridgehead atoms. The van der Waals surface area contributed by atoms with Gasteiger partial charge in [0.1, 0.15) is 17.8 Å². The number of nitrogens with two attached hydrogens (primary N) is 1. The topological polar surface area (TPSA) is 56.7 Å². The fourth-order valence-electron chi connectivity index (χ4n) is 1.82. The van der Waals surface area contributed by atoms with Crippen LogP contribution in [0.4, 0.5) is 4.39 Å². The number of hydrogen-bond acceptors (Lipinski definition) is 3. The average molecular weight is 228 g/mol. The molecule has 2 N–H and O–H groups in total. The summed E-state index contributed by atoms with van der Waals surface area (Å²) in [6.45, 7) is 4.84. The van der Waals surface area contributed by atoms with Crippen LogP contribution in [0, 0.1) is 0 Å². The normalized spacial score (nSPS) is 15.0. The summed E-state index contributed by atoms with van der Waals surface area (Å²) in [5, 5.41) is 4.08.